The number of hydrogen-bond donors (Lipinski definition) is 0. The molecule has 1 aliphatic carbocycles. The van der Waals surface area contributed by atoms with E-state index in [-0.39, 0.29) is 35.4 Å². The molecule has 2 aromatic carbocycles. The van der Waals surface area contributed by atoms with Gasteiger partial charge in [-0.15, -0.1) is 0 Å². The van der Waals surface area contributed by atoms with E-state index in [9.17, 15) is 13.6 Å². The minimum Gasteiger partial charge on any atom is -0.496 e. The molecule has 4 rings (SSSR count). The van der Waals surface area contributed by atoms with Crippen LogP contribution >= 0.6 is 0 Å². The average molecular weight is 402 g/mol. The first-order chi connectivity index (χ1) is 14.0. The Balaban J connectivity index is 1.70. The van der Waals surface area contributed by atoms with Crippen LogP contribution in [0.25, 0.3) is 0 Å². The third-order valence-electron chi connectivity index (χ3n) is 6.38. The zero-order chi connectivity index (χ0) is 20.6. The van der Waals surface area contributed by atoms with E-state index < -0.39 is 5.60 Å². The van der Waals surface area contributed by atoms with Crippen LogP contribution in [0.4, 0.5) is 8.78 Å². The summed E-state index contributed by atoms with van der Waals surface area (Å²) in [6, 6.07) is 10.7. The van der Waals surface area contributed by atoms with Crippen LogP contribution in [0.2, 0.25) is 0 Å². The standard InChI is InChI=1S/C23H24F2O4/c1-27-20-8-7-17(25)11-19(20)15-12-23(29-13-15)10-9-18(22(26)28-2)21(23)14-3-5-16(24)6-4-14/h3-8,11,15,18,21H,9-10,12-13H2,1-2H3/t15-,18?,21-,23-/m1/s1. The Morgan fingerprint density at radius 3 is 2.52 bits per heavy atom. The molecule has 2 fully saturated rings. The Bertz CT molecular complexity index is 898. The normalized spacial score (nSPS) is 28.6. The Morgan fingerprint density at radius 2 is 1.83 bits per heavy atom. The van der Waals surface area contributed by atoms with Crippen molar-refractivity contribution in [2.24, 2.45) is 5.92 Å². The second-order valence-electron chi connectivity index (χ2n) is 7.86. The summed E-state index contributed by atoms with van der Waals surface area (Å²) < 4.78 is 44.2. The zero-order valence-corrected chi connectivity index (χ0v) is 16.5. The Morgan fingerprint density at radius 1 is 1.10 bits per heavy atom. The number of benzene rings is 2. The molecule has 6 heteroatoms. The largest absolute Gasteiger partial charge is 0.496 e. The predicted octanol–water partition coefficient (Wildman–Crippen LogP) is 4.58. The van der Waals surface area contributed by atoms with E-state index in [0.29, 0.717) is 31.6 Å². The second-order valence-corrected chi connectivity index (χ2v) is 7.86. The van der Waals surface area contributed by atoms with Gasteiger partial charge in [-0.05, 0) is 55.2 Å². The van der Waals surface area contributed by atoms with Crippen molar-refractivity contribution in [3.63, 3.8) is 0 Å². The SMILES string of the molecule is COC(=O)C1CC[C@@]2(C[C@@H](c3cc(F)ccc3OC)CO2)[C@@H]1c1ccc(F)cc1. The third-order valence-corrected chi connectivity index (χ3v) is 6.38. The highest BCUT2D eigenvalue weighted by Crippen LogP contribution is 2.57. The van der Waals surface area contributed by atoms with Gasteiger partial charge in [-0.25, -0.2) is 8.78 Å². The average Bonchev–Trinajstić information content (AvgIpc) is 3.32. The van der Waals surface area contributed by atoms with E-state index in [0.717, 1.165) is 11.1 Å². The number of carbonyl (C=O) groups excluding carboxylic acids is 1. The molecule has 1 spiro atoms. The first-order valence-electron chi connectivity index (χ1n) is 9.78. The van der Waals surface area contributed by atoms with E-state index in [1.807, 2.05) is 0 Å². The van der Waals surface area contributed by atoms with Crippen LogP contribution in [0.1, 0.15) is 42.2 Å². The highest BCUT2D eigenvalue weighted by atomic mass is 19.1. The first-order valence-corrected chi connectivity index (χ1v) is 9.78. The molecular weight excluding hydrogens is 378 g/mol. The van der Waals surface area contributed by atoms with Crippen molar-refractivity contribution in [3.05, 3.63) is 65.2 Å². The van der Waals surface area contributed by atoms with E-state index in [1.54, 1.807) is 25.3 Å². The molecule has 1 aliphatic heterocycles. The highest BCUT2D eigenvalue weighted by molar-refractivity contribution is 5.74. The fraction of sp³-hybridized carbons (Fsp3) is 0.435. The fourth-order valence-corrected chi connectivity index (χ4v) is 5.12. The molecule has 154 valence electrons. The highest BCUT2D eigenvalue weighted by Gasteiger charge is 2.56. The maximum absolute atomic E-state index is 13.9. The molecule has 29 heavy (non-hydrogen) atoms. The van der Waals surface area contributed by atoms with Crippen LogP contribution in [-0.4, -0.2) is 32.4 Å². The van der Waals surface area contributed by atoms with Crippen LogP contribution < -0.4 is 4.74 Å². The molecule has 0 N–H and O–H groups in total. The summed E-state index contributed by atoms with van der Waals surface area (Å²) in [6.07, 6.45) is 1.94. The number of rotatable bonds is 4. The van der Waals surface area contributed by atoms with Crippen LogP contribution in [0.3, 0.4) is 0 Å². The van der Waals surface area contributed by atoms with Gasteiger partial charge in [0.15, 0.2) is 0 Å². The van der Waals surface area contributed by atoms with Crippen LogP contribution in [0.15, 0.2) is 42.5 Å². The van der Waals surface area contributed by atoms with Crippen LogP contribution in [0.5, 0.6) is 5.75 Å². The van der Waals surface area contributed by atoms with Gasteiger partial charge in [0, 0.05) is 17.4 Å². The van der Waals surface area contributed by atoms with E-state index >= 15 is 0 Å². The van der Waals surface area contributed by atoms with Crippen molar-refractivity contribution in [3.8, 4) is 5.75 Å². The number of halogens is 2. The van der Waals surface area contributed by atoms with Crippen molar-refractivity contribution in [1.29, 1.82) is 0 Å². The third kappa shape index (κ3) is 3.50. The number of esters is 1. The quantitative estimate of drug-likeness (QED) is 0.702. The van der Waals surface area contributed by atoms with Crippen molar-refractivity contribution in [1.82, 2.24) is 0 Å². The smallest absolute Gasteiger partial charge is 0.309 e. The molecule has 0 aromatic heterocycles. The van der Waals surface area contributed by atoms with Gasteiger partial charge in [-0.2, -0.15) is 0 Å². The molecule has 0 radical (unpaired) electrons. The van der Waals surface area contributed by atoms with Gasteiger partial charge in [0.25, 0.3) is 0 Å². The summed E-state index contributed by atoms with van der Waals surface area (Å²) in [5.74, 6) is -0.982. The number of carbonyl (C=O) groups is 1. The van der Waals surface area contributed by atoms with Gasteiger partial charge >= 0.3 is 5.97 Å². The number of methoxy groups -OCH3 is 2. The van der Waals surface area contributed by atoms with E-state index in [2.05, 4.69) is 0 Å². The maximum Gasteiger partial charge on any atom is 0.309 e. The van der Waals surface area contributed by atoms with Crippen molar-refractivity contribution in [2.45, 2.75) is 36.7 Å². The molecular formula is C23H24F2O4. The summed E-state index contributed by atoms with van der Waals surface area (Å²) >= 11 is 0. The monoisotopic (exact) mass is 402 g/mol. The lowest BCUT2D eigenvalue weighted by Gasteiger charge is -2.33. The van der Waals surface area contributed by atoms with Crippen molar-refractivity contribution >= 4 is 5.97 Å². The molecule has 1 unspecified atom stereocenters. The molecule has 4 nitrogen and oxygen atoms in total. The lowest BCUT2D eigenvalue weighted by atomic mass is 9.76. The molecule has 2 aliphatic rings. The summed E-state index contributed by atoms with van der Waals surface area (Å²) in [6.45, 7) is 0.408. The maximum atomic E-state index is 13.9. The summed E-state index contributed by atoms with van der Waals surface area (Å²) in [5.41, 5.74) is 1.04. The van der Waals surface area contributed by atoms with Crippen LogP contribution in [-0.2, 0) is 14.3 Å². The Kier molecular flexibility index (Phi) is 5.30. The molecule has 1 saturated carbocycles. The van der Waals surface area contributed by atoms with Gasteiger partial charge in [-0.3, -0.25) is 4.79 Å². The van der Waals surface area contributed by atoms with Crippen molar-refractivity contribution in [2.75, 3.05) is 20.8 Å². The molecule has 1 heterocycles. The Labute approximate surface area is 168 Å². The lowest BCUT2D eigenvalue weighted by molar-refractivity contribution is -0.146. The van der Waals surface area contributed by atoms with Gasteiger partial charge in [0.05, 0.1) is 32.3 Å². The molecule has 1 saturated heterocycles. The lowest BCUT2D eigenvalue weighted by Crippen LogP contribution is -2.35. The minimum absolute atomic E-state index is 0.0556. The second kappa shape index (κ2) is 7.75. The van der Waals surface area contributed by atoms with Gasteiger partial charge in [0.1, 0.15) is 17.4 Å². The van der Waals surface area contributed by atoms with E-state index in [4.69, 9.17) is 14.2 Å². The minimum atomic E-state index is -0.585. The fourth-order valence-electron chi connectivity index (χ4n) is 5.12. The van der Waals surface area contributed by atoms with E-state index in [1.165, 1.54) is 31.4 Å². The summed E-state index contributed by atoms with van der Waals surface area (Å²) in [4.78, 5) is 12.5. The predicted molar refractivity (Wildman–Crippen MR) is 103 cm³/mol. The van der Waals surface area contributed by atoms with Crippen molar-refractivity contribution < 1.29 is 27.8 Å². The number of ether oxygens (including phenoxy) is 3. The molecule has 0 amide bonds. The molecule has 2 aromatic rings. The van der Waals surface area contributed by atoms with Gasteiger partial charge in [0.2, 0.25) is 0 Å². The number of hydrogen-bond acceptors (Lipinski definition) is 4. The topological polar surface area (TPSA) is 44.8 Å². The van der Waals surface area contributed by atoms with Gasteiger partial charge < -0.3 is 14.2 Å². The summed E-state index contributed by atoms with van der Waals surface area (Å²) in [5, 5.41) is 0. The van der Waals surface area contributed by atoms with Gasteiger partial charge in [-0.1, -0.05) is 12.1 Å². The molecule has 4 atom stereocenters. The first kappa shape index (κ1) is 19.8. The summed E-state index contributed by atoms with van der Waals surface area (Å²) in [7, 11) is 2.94. The zero-order valence-electron chi connectivity index (χ0n) is 16.5. The van der Waals surface area contributed by atoms with Crippen LogP contribution in [0, 0.1) is 17.6 Å². The Hall–Kier alpha value is -2.47. The molecule has 0 bridgehead atoms.